The minimum absolute atomic E-state index is 0.0940. The minimum Gasteiger partial charge on any atom is -0.367 e. The van der Waals surface area contributed by atoms with Gasteiger partial charge in [-0.1, -0.05) is 19.1 Å². The molecule has 20 heavy (non-hydrogen) atoms. The van der Waals surface area contributed by atoms with E-state index < -0.39 is 11.5 Å². The van der Waals surface area contributed by atoms with Gasteiger partial charge in [0.25, 0.3) is 11.8 Å². The van der Waals surface area contributed by atoms with Gasteiger partial charge in [-0.2, -0.15) is 0 Å². The van der Waals surface area contributed by atoms with Crippen molar-refractivity contribution in [3.8, 4) is 0 Å². The Labute approximate surface area is 118 Å². The average molecular weight is 276 g/mol. The fourth-order valence-electron chi connectivity index (χ4n) is 2.26. The van der Waals surface area contributed by atoms with Gasteiger partial charge in [0.2, 0.25) is 0 Å². The Kier molecular flexibility index (Phi) is 4.09. The molecule has 1 aliphatic rings. The van der Waals surface area contributed by atoms with Crippen LogP contribution >= 0.6 is 0 Å². The molecule has 0 unspecified atom stereocenters. The zero-order chi connectivity index (χ0) is 14.8. The predicted molar refractivity (Wildman–Crippen MR) is 75.3 cm³/mol. The number of hydrogen-bond donors (Lipinski definition) is 1. The number of primary amides is 1. The second-order valence-electron chi connectivity index (χ2n) is 5.22. The minimum atomic E-state index is -1.10. The van der Waals surface area contributed by atoms with Crippen LogP contribution in [0.2, 0.25) is 0 Å². The van der Waals surface area contributed by atoms with Crippen LogP contribution in [0, 0.1) is 0 Å². The molecule has 0 radical (unpaired) electrons. The van der Waals surface area contributed by atoms with E-state index in [4.69, 9.17) is 10.5 Å². The molecule has 5 heteroatoms. The molecular weight excluding hydrogens is 256 g/mol. The monoisotopic (exact) mass is 276 g/mol. The highest BCUT2D eigenvalue weighted by atomic mass is 16.5. The molecule has 5 nitrogen and oxygen atoms in total. The van der Waals surface area contributed by atoms with Crippen molar-refractivity contribution in [2.75, 3.05) is 19.7 Å². The maximum absolute atomic E-state index is 12.4. The van der Waals surface area contributed by atoms with Crippen LogP contribution < -0.4 is 5.73 Å². The lowest BCUT2D eigenvalue weighted by molar-refractivity contribution is -0.150. The molecule has 1 saturated heterocycles. The molecule has 2 N–H and O–H groups in total. The van der Waals surface area contributed by atoms with E-state index in [9.17, 15) is 9.59 Å². The molecule has 1 aromatic carbocycles. The van der Waals surface area contributed by atoms with Crippen LogP contribution in [0.3, 0.4) is 0 Å². The topological polar surface area (TPSA) is 72.6 Å². The Balaban J connectivity index is 2.14. The van der Waals surface area contributed by atoms with E-state index in [-0.39, 0.29) is 12.5 Å². The van der Waals surface area contributed by atoms with Gasteiger partial charge in [-0.15, -0.1) is 0 Å². The van der Waals surface area contributed by atoms with E-state index in [1.165, 1.54) is 5.56 Å². The third-order valence-corrected chi connectivity index (χ3v) is 3.69. The number of nitrogens with zero attached hydrogens (tertiary/aromatic N) is 1. The normalized spacial score (nSPS) is 22.6. The van der Waals surface area contributed by atoms with E-state index in [0.29, 0.717) is 18.7 Å². The van der Waals surface area contributed by atoms with Crippen LogP contribution in [0.4, 0.5) is 0 Å². The van der Waals surface area contributed by atoms with E-state index in [1.54, 1.807) is 11.8 Å². The second-order valence-corrected chi connectivity index (χ2v) is 5.22. The maximum atomic E-state index is 12.4. The van der Waals surface area contributed by atoms with Crippen LogP contribution in [0.25, 0.3) is 0 Å². The smallest absolute Gasteiger partial charge is 0.254 e. The van der Waals surface area contributed by atoms with E-state index in [2.05, 4.69) is 6.92 Å². The van der Waals surface area contributed by atoms with Gasteiger partial charge in [0.15, 0.2) is 5.60 Å². The van der Waals surface area contributed by atoms with Crippen molar-refractivity contribution < 1.29 is 14.3 Å². The first-order valence-corrected chi connectivity index (χ1v) is 6.78. The molecule has 1 aromatic rings. The van der Waals surface area contributed by atoms with Crippen molar-refractivity contribution in [3.05, 3.63) is 35.4 Å². The summed E-state index contributed by atoms with van der Waals surface area (Å²) in [5.74, 6) is -0.639. The first-order valence-electron chi connectivity index (χ1n) is 6.78. The maximum Gasteiger partial charge on any atom is 0.254 e. The summed E-state index contributed by atoms with van der Waals surface area (Å²) in [5.41, 5.74) is 6.05. The molecule has 1 heterocycles. The van der Waals surface area contributed by atoms with E-state index >= 15 is 0 Å². The molecule has 0 saturated carbocycles. The molecular formula is C15H20N2O3. The largest absolute Gasteiger partial charge is 0.367 e. The molecule has 0 spiro atoms. The van der Waals surface area contributed by atoms with Gasteiger partial charge in [0.1, 0.15) is 0 Å². The molecule has 1 aliphatic heterocycles. The van der Waals surface area contributed by atoms with Gasteiger partial charge >= 0.3 is 0 Å². The summed E-state index contributed by atoms with van der Waals surface area (Å²) in [6.07, 6.45) is 0.936. The van der Waals surface area contributed by atoms with Gasteiger partial charge in [-0.25, -0.2) is 0 Å². The fraction of sp³-hybridized carbons (Fsp3) is 0.467. The first-order chi connectivity index (χ1) is 9.46. The van der Waals surface area contributed by atoms with Crippen LogP contribution in [0.1, 0.15) is 29.8 Å². The number of morpholine rings is 1. The van der Waals surface area contributed by atoms with Crippen molar-refractivity contribution in [2.24, 2.45) is 5.73 Å². The molecule has 2 rings (SSSR count). The third kappa shape index (κ3) is 2.82. The Hall–Kier alpha value is -1.88. The average Bonchev–Trinajstić information content (AvgIpc) is 2.46. The number of rotatable bonds is 3. The number of ether oxygens (including phenoxy) is 1. The van der Waals surface area contributed by atoms with Crippen molar-refractivity contribution in [1.82, 2.24) is 4.90 Å². The molecule has 0 aromatic heterocycles. The second kappa shape index (κ2) is 5.63. The Morgan fingerprint density at radius 2 is 2.00 bits per heavy atom. The number of benzene rings is 1. The number of aryl methyl sites for hydroxylation is 1. The van der Waals surface area contributed by atoms with Crippen molar-refractivity contribution in [2.45, 2.75) is 25.9 Å². The Morgan fingerprint density at radius 3 is 2.55 bits per heavy atom. The number of carbonyl (C=O) groups excluding carboxylic acids is 2. The van der Waals surface area contributed by atoms with Crippen LogP contribution in [-0.4, -0.2) is 42.0 Å². The zero-order valence-corrected chi connectivity index (χ0v) is 11.9. The number of nitrogens with two attached hydrogens (primary N) is 1. The highest BCUT2D eigenvalue weighted by Crippen LogP contribution is 2.19. The lowest BCUT2D eigenvalue weighted by atomic mass is 10.0. The summed E-state index contributed by atoms with van der Waals surface area (Å²) < 4.78 is 5.41. The van der Waals surface area contributed by atoms with E-state index in [0.717, 1.165) is 6.42 Å². The lowest BCUT2D eigenvalue weighted by Gasteiger charge is -2.38. The number of hydrogen-bond acceptors (Lipinski definition) is 3. The fourth-order valence-corrected chi connectivity index (χ4v) is 2.26. The molecule has 1 fully saturated rings. The van der Waals surface area contributed by atoms with Crippen molar-refractivity contribution in [3.63, 3.8) is 0 Å². The molecule has 0 bridgehead atoms. The lowest BCUT2D eigenvalue weighted by Crippen LogP contribution is -2.58. The van der Waals surface area contributed by atoms with Gasteiger partial charge in [0.05, 0.1) is 13.2 Å². The Morgan fingerprint density at radius 1 is 1.35 bits per heavy atom. The van der Waals surface area contributed by atoms with Gasteiger partial charge in [-0.05, 0) is 31.0 Å². The summed E-state index contributed by atoms with van der Waals surface area (Å²) in [4.78, 5) is 25.5. The summed E-state index contributed by atoms with van der Waals surface area (Å²) in [6, 6.07) is 7.53. The van der Waals surface area contributed by atoms with Crippen LogP contribution in [0.5, 0.6) is 0 Å². The van der Waals surface area contributed by atoms with Crippen molar-refractivity contribution >= 4 is 11.8 Å². The van der Waals surface area contributed by atoms with Crippen LogP contribution in [0.15, 0.2) is 24.3 Å². The molecule has 108 valence electrons. The molecule has 1 atom stereocenters. The van der Waals surface area contributed by atoms with Gasteiger partial charge in [0, 0.05) is 12.1 Å². The highest BCUT2D eigenvalue weighted by Gasteiger charge is 2.39. The number of amides is 2. The molecule has 2 amide bonds. The third-order valence-electron chi connectivity index (χ3n) is 3.69. The summed E-state index contributed by atoms with van der Waals surface area (Å²) in [6.45, 7) is 4.66. The van der Waals surface area contributed by atoms with Crippen molar-refractivity contribution in [1.29, 1.82) is 0 Å². The summed E-state index contributed by atoms with van der Waals surface area (Å²) in [5, 5.41) is 0. The predicted octanol–water partition coefficient (Wildman–Crippen LogP) is 0.965. The Bertz CT molecular complexity index is 512. The van der Waals surface area contributed by atoms with Gasteiger partial charge < -0.3 is 15.4 Å². The summed E-state index contributed by atoms with van der Waals surface area (Å²) >= 11 is 0. The molecule has 0 aliphatic carbocycles. The summed E-state index contributed by atoms with van der Waals surface area (Å²) in [7, 11) is 0. The van der Waals surface area contributed by atoms with Gasteiger partial charge in [-0.3, -0.25) is 9.59 Å². The quantitative estimate of drug-likeness (QED) is 0.894. The zero-order valence-electron chi connectivity index (χ0n) is 11.9. The van der Waals surface area contributed by atoms with E-state index in [1.807, 2.05) is 24.3 Å². The first kappa shape index (κ1) is 14.5. The number of carbonyl (C=O) groups is 2. The SMILES string of the molecule is CCc1ccc(C(=O)N2CCO[C@](C)(C(N)=O)C2)cc1. The highest BCUT2D eigenvalue weighted by molar-refractivity contribution is 5.95. The standard InChI is InChI=1S/C15H20N2O3/c1-3-11-4-6-12(7-5-11)13(18)17-8-9-20-15(2,10-17)14(16)19/h4-7H,3,8-10H2,1-2H3,(H2,16,19)/t15-/m0/s1. The van der Waals surface area contributed by atoms with Crippen LogP contribution in [-0.2, 0) is 16.0 Å².